The van der Waals surface area contributed by atoms with Crippen LogP contribution in [-0.4, -0.2) is 122 Å². The van der Waals surface area contributed by atoms with Gasteiger partial charge in [0.2, 0.25) is 0 Å². The Hall–Kier alpha value is 0.770. The Kier molecular flexibility index (Phi) is 8.21. The molecule has 0 fully saturated rings. The Morgan fingerprint density at radius 2 is 1.12 bits per heavy atom. The molecular formula is C12H36N9P3. The van der Waals surface area contributed by atoms with Gasteiger partial charge in [0.1, 0.15) is 0 Å². The first-order chi connectivity index (χ1) is 10.9. The zero-order valence-corrected chi connectivity index (χ0v) is 20.0. The van der Waals surface area contributed by atoms with Crippen molar-refractivity contribution in [3.05, 3.63) is 0 Å². The Balaban J connectivity index is 3.80. The van der Waals surface area contributed by atoms with Gasteiger partial charge in [-0.25, -0.2) is 14.5 Å². The minimum absolute atomic E-state index is 0.750. The van der Waals surface area contributed by atoms with E-state index in [0.717, 1.165) is 0 Å². The molecular weight excluding hydrogens is 363 g/mol. The average Bonchev–Trinajstić information content (AvgIpc) is 2.43. The highest BCUT2D eigenvalue weighted by Gasteiger charge is 2.51. The average molecular weight is 399 g/mol. The molecule has 1 aliphatic heterocycles. The van der Waals surface area contributed by atoms with Gasteiger partial charge in [0.15, 0.2) is 24.3 Å². The lowest BCUT2D eigenvalue weighted by Gasteiger charge is -2.58. The Labute approximate surface area is 151 Å². The number of hydrazine groups is 2. The van der Waals surface area contributed by atoms with Gasteiger partial charge < -0.3 is 0 Å². The highest BCUT2D eigenvalue weighted by atomic mass is 31.3. The topological polar surface area (TPSA) is 38.3 Å². The summed E-state index contributed by atoms with van der Waals surface area (Å²) in [5.74, 6) is 0. The molecule has 1 rings (SSSR count). The van der Waals surface area contributed by atoms with E-state index in [1.54, 1.807) is 0 Å². The van der Waals surface area contributed by atoms with Gasteiger partial charge in [-0.2, -0.15) is 0 Å². The third-order valence-corrected chi connectivity index (χ3v) is 13.6. The van der Waals surface area contributed by atoms with E-state index in [-0.39, 0.29) is 0 Å². The molecule has 0 bridgehead atoms. The van der Waals surface area contributed by atoms with Crippen LogP contribution in [0, 0.1) is 0 Å². The summed E-state index contributed by atoms with van der Waals surface area (Å²) in [6.07, 6.45) is 0. The van der Waals surface area contributed by atoms with Crippen LogP contribution in [-0.2, 0) is 0 Å². The molecule has 0 spiro atoms. The van der Waals surface area contributed by atoms with Crippen molar-refractivity contribution >= 4 is 24.3 Å². The van der Waals surface area contributed by atoms with Crippen LogP contribution in [0.3, 0.4) is 0 Å². The number of nitrogens with zero attached hydrogens (tertiary/aromatic N) is 9. The minimum Gasteiger partial charge on any atom is -0.261 e. The number of hydrogen-bond donors (Lipinski definition) is 0. The van der Waals surface area contributed by atoms with Gasteiger partial charge in [-0.05, 0) is 56.4 Å². The molecule has 1 aliphatic rings. The predicted octanol–water partition coefficient (Wildman–Crippen LogP) is 2.20. The van der Waals surface area contributed by atoms with Crippen molar-refractivity contribution in [1.29, 1.82) is 0 Å². The number of hydrogen-bond acceptors (Lipinski definition) is 9. The fraction of sp³-hybridized carbons (Fsp3) is 1.00. The monoisotopic (exact) mass is 399 g/mol. The molecule has 0 amide bonds. The second-order valence-corrected chi connectivity index (χ2v) is 15.0. The van der Waals surface area contributed by atoms with Crippen LogP contribution in [0.5, 0.6) is 0 Å². The summed E-state index contributed by atoms with van der Waals surface area (Å²) in [6.45, 7) is 0. The molecule has 9 nitrogen and oxygen atoms in total. The molecule has 24 heavy (non-hydrogen) atoms. The second kappa shape index (κ2) is 8.64. The highest BCUT2D eigenvalue weighted by molar-refractivity contribution is 7.81. The van der Waals surface area contributed by atoms with E-state index in [1.165, 1.54) is 0 Å². The molecule has 0 radical (unpaired) electrons. The van der Waals surface area contributed by atoms with Crippen LogP contribution < -0.4 is 0 Å². The predicted molar refractivity (Wildman–Crippen MR) is 109 cm³/mol. The molecule has 0 aromatic rings. The van der Waals surface area contributed by atoms with Gasteiger partial charge in [-0.15, -0.1) is 9.10 Å². The van der Waals surface area contributed by atoms with Gasteiger partial charge >= 0.3 is 0 Å². The molecule has 2 atom stereocenters. The van der Waals surface area contributed by atoms with Gasteiger partial charge in [0.05, 0.1) is 0 Å². The zero-order chi connectivity index (χ0) is 19.0. The van der Waals surface area contributed by atoms with Crippen LogP contribution in [0.4, 0.5) is 0 Å². The maximum atomic E-state index is 5.46. The Morgan fingerprint density at radius 3 is 1.38 bits per heavy atom. The largest absolute Gasteiger partial charge is 0.261 e. The lowest BCUT2D eigenvalue weighted by molar-refractivity contribution is 0.160. The van der Waals surface area contributed by atoms with E-state index in [1.807, 2.05) is 0 Å². The third kappa shape index (κ3) is 4.03. The van der Waals surface area contributed by atoms with Crippen LogP contribution in [0.1, 0.15) is 0 Å². The quantitative estimate of drug-likeness (QED) is 0.630. The van der Waals surface area contributed by atoms with E-state index in [9.17, 15) is 0 Å². The highest BCUT2D eigenvalue weighted by Crippen LogP contribution is 2.79. The van der Waals surface area contributed by atoms with E-state index in [0.29, 0.717) is 0 Å². The first-order valence-corrected chi connectivity index (χ1v) is 11.8. The standard InChI is InChI=1S/C12H36N9P3/c1-14(2)20-22(16(5)6)13-24(18(9)10,19(11)12)21(15(3)4)23(20)17(7)8/h1-12H3. The lowest BCUT2D eigenvalue weighted by atomic mass is 11.2. The summed E-state index contributed by atoms with van der Waals surface area (Å²) in [5.41, 5.74) is 0. The summed E-state index contributed by atoms with van der Waals surface area (Å²) < 4.78 is 19.5. The van der Waals surface area contributed by atoms with Crippen LogP contribution >= 0.6 is 24.3 Å². The van der Waals surface area contributed by atoms with Crippen LogP contribution in [0.25, 0.3) is 0 Å². The van der Waals surface area contributed by atoms with Crippen molar-refractivity contribution in [2.45, 2.75) is 0 Å². The second-order valence-electron chi connectivity index (χ2n) is 6.78. The normalized spacial score (nSPS) is 26.4. The maximum Gasteiger partial charge on any atom is 0.192 e. The third-order valence-electron chi connectivity index (χ3n) is 3.42. The van der Waals surface area contributed by atoms with E-state index in [4.69, 9.17) is 4.52 Å². The first kappa shape index (κ1) is 22.8. The molecule has 0 aromatic carbocycles. The van der Waals surface area contributed by atoms with Gasteiger partial charge in [-0.1, -0.05) is 0 Å². The van der Waals surface area contributed by atoms with Crippen molar-refractivity contribution < 1.29 is 0 Å². The van der Waals surface area contributed by atoms with Gasteiger partial charge in [0.25, 0.3) is 0 Å². The summed E-state index contributed by atoms with van der Waals surface area (Å²) in [4.78, 5) is 0. The maximum absolute atomic E-state index is 5.46. The fourth-order valence-electron chi connectivity index (χ4n) is 2.55. The fourth-order valence-corrected chi connectivity index (χ4v) is 14.9. The van der Waals surface area contributed by atoms with E-state index in [2.05, 4.69) is 122 Å². The van der Waals surface area contributed by atoms with Crippen molar-refractivity contribution in [2.75, 3.05) is 84.6 Å². The minimum atomic E-state index is -2.04. The Bertz CT molecular complexity index is 455. The van der Waals surface area contributed by atoms with Crippen LogP contribution in [0.15, 0.2) is 4.52 Å². The van der Waals surface area contributed by atoms with E-state index >= 15 is 0 Å². The van der Waals surface area contributed by atoms with Gasteiger partial charge in [-0.3, -0.25) is 18.7 Å². The molecule has 144 valence electrons. The molecule has 2 unspecified atom stereocenters. The summed E-state index contributed by atoms with van der Waals surface area (Å²) in [7, 11) is 22.0. The molecule has 0 N–H and O–H groups in total. The molecule has 0 aromatic heterocycles. The smallest absolute Gasteiger partial charge is 0.192 e. The van der Waals surface area contributed by atoms with Crippen molar-refractivity contribution in [2.24, 2.45) is 4.52 Å². The molecule has 0 saturated carbocycles. The summed E-state index contributed by atoms with van der Waals surface area (Å²) >= 11 is 0. The summed E-state index contributed by atoms with van der Waals surface area (Å²) in [5, 5.41) is 4.40. The number of rotatable bonds is 6. The molecule has 1 heterocycles. The van der Waals surface area contributed by atoms with Crippen molar-refractivity contribution in [3.8, 4) is 0 Å². The molecule has 0 saturated heterocycles. The summed E-state index contributed by atoms with van der Waals surface area (Å²) in [6, 6.07) is 0. The molecule has 12 heteroatoms. The first-order valence-electron chi connectivity index (χ1n) is 7.77. The molecule has 0 aliphatic carbocycles. The van der Waals surface area contributed by atoms with Crippen molar-refractivity contribution in [3.63, 3.8) is 0 Å². The van der Waals surface area contributed by atoms with Crippen molar-refractivity contribution in [1.82, 2.24) is 37.8 Å². The Morgan fingerprint density at radius 1 is 0.667 bits per heavy atom. The van der Waals surface area contributed by atoms with Crippen LogP contribution in [0.2, 0.25) is 0 Å². The SMILES string of the molecule is CN(C)N1P(N(C)C)N=P(N(C)C)(N(C)C)N(N(C)C)P1N(C)C. The van der Waals surface area contributed by atoms with Gasteiger partial charge in [0, 0.05) is 28.2 Å². The zero-order valence-electron chi connectivity index (χ0n) is 17.4. The lowest BCUT2D eigenvalue weighted by Crippen LogP contribution is -2.49. The van der Waals surface area contributed by atoms with E-state index < -0.39 is 24.3 Å².